The molecule has 1 atom stereocenters. The van der Waals surface area contributed by atoms with Crippen LogP contribution >= 0.6 is 38.5 Å². The predicted octanol–water partition coefficient (Wildman–Crippen LogP) is 4.03. The van der Waals surface area contributed by atoms with Gasteiger partial charge in [-0.25, -0.2) is 0 Å². The Morgan fingerprint density at radius 2 is 2.17 bits per heavy atom. The molecule has 0 aliphatic rings. The van der Waals surface area contributed by atoms with Crippen LogP contribution in [0.15, 0.2) is 41.0 Å². The molecule has 2 aromatic rings. The van der Waals surface area contributed by atoms with Gasteiger partial charge in [0.15, 0.2) is 0 Å². The first kappa shape index (κ1) is 14.0. The molecule has 1 aromatic carbocycles. The van der Waals surface area contributed by atoms with Crippen LogP contribution < -0.4 is 0 Å². The number of aromatic nitrogens is 1. The molecule has 0 amide bonds. The van der Waals surface area contributed by atoms with E-state index in [-0.39, 0.29) is 0 Å². The van der Waals surface area contributed by atoms with Crippen molar-refractivity contribution in [2.45, 2.75) is 19.4 Å². The summed E-state index contributed by atoms with van der Waals surface area (Å²) in [7, 11) is 0. The van der Waals surface area contributed by atoms with E-state index in [1.807, 2.05) is 37.3 Å². The van der Waals surface area contributed by atoms with Crippen molar-refractivity contribution < 1.29 is 5.11 Å². The average Bonchev–Trinajstić information content (AvgIpc) is 2.35. The molecule has 1 N–H and O–H groups in total. The molecule has 1 unspecified atom stereocenters. The molecule has 1 heterocycles. The molecular weight excluding hydrogens is 405 g/mol. The van der Waals surface area contributed by atoms with Crippen molar-refractivity contribution in [2.24, 2.45) is 0 Å². The topological polar surface area (TPSA) is 33.1 Å². The summed E-state index contributed by atoms with van der Waals surface area (Å²) in [5, 5.41) is 10.3. The van der Waals surface area contributed by atoms with Crippen molar-refractivity contribution in [3.05, 3.63) is 61.4 Å². The van der Waals surface area contributed by atoms with Crippen LogP contribution in [0.5, 0.6) is 0 Å². The minimum absolute atomic E-state index is 0.533. The third-order valence-corrected chi connectivity index (χ3v) is 4.21. The second kappa shape index (κ2) is 6.12. The highest BCUT2D eigenvalue weighted by molar-refractivity contribution is 14.1. The van der Waals surface area contributed by atoms with Crippen molar-refractivity contribution in [3.63, 3.8) is 0 Å². The van der Waals surface area contributed by atoms with E-state index in [0.717, 1.165) is 24.9 Å². The maximum atomic E-state index is 10.3. The number of aliphatic hydroxyl groups is 1. The van der Waals surface area contributed by atoms with Gasteiger partial charge in [0.05, 0.1) is 6.10 Å². The molecule has 0 fully saturated rings. The molecule has 2 rings (SSSR count). The minimum atomic E-state index is -0.539. The number of nitrogens with zero attached hydrogens (tertiary/aromatic N) is 1. The molecule has 0 saturated heterocycles. The van der Waals surface area contributed by atoms with Crippen LogP contribution in [0.4, 0.5) is 0 Å². The normalized spacial score (nSPS) is 12.4. The minimum Gasteiger partial charge on any atom is -0.388 e. The molecule has 0 aliphatic carbocycles. The Bertz CT molecular complexity index is 559. The lowest BCUT2D eigenvalue weighted by molar-refractivity contribution is 0.176. The summed E-state index contributed by atoms with van der Waals surface area (Å²) in [6.07, 6.45) is 1.76. The molecule has 0 spiro atoms. The maximum absolute atomic E-state index is 10.3. The first-order valence-electron chi connectivity index (χ1n) is 5.61. The number of aryl methyl sites for hydroxylation is 1. The molecule has 1 aromatic heterocycles. The van der Waals surface area contributed by atoms with Crippen LogP contribution in [-0.2, 0) is 6.42 Å². The zero-order valence-corrected chi connectivity index (χ0v) is 13.6. The number of hydrogen-bond donors (Lipinski definition) is 1. The van der Waals surface area contributed by atoms with Crippen LogP contribution in [0.3, 0.4) is 0 Å². The summed E-state index contributed by atoms with van der Waals surface area (Å²) in [6.45, 7) is 2.01. The highest BCUT2D eigenvalue weighted by atomic mass is 127. The van der Waals surface area contributed by atoms with Crippen molar-refractivity contribution in [3.8, 4) is 0 Å². The first-order valence-corrected chi connectivity index (χ1v) is 7.48. The highest BCUT2D eigenvalue weighted by Crippen LogP contribution is 2.27. The van der Waals surface area contributed by atoms with Gasteiger partial charge in [-0.05, 0) is 64.9 Å². The Labute approximate surface area is 129 Å². The van der Waals surface area contributed by atoms with Crippen molar-refractivity contribution in [1.82, 2.24) is 4.98 Å². The summed E-state index contributed by atoms with van der Waals surface area (Å²) in [4.78, 5) is 4.32. The van der Waals surface area contributed by atoms with Crippen LogP contribution in [0.1, 0.15) is 22.9 Å². The van der Waals surface area contributed by atoms with Crippen LogP contribution in [0, 0.1) is 10.5 Å². The van der Waals surface area contributed by atoms with E-state index in [9.17, 15) is 5.11 Å². The molecule has 0 aliphatic heterocycles. The fraction of sp³-hybridized carbons (Fsp3) is 0.214. The van der Waals surface area contributed by atoms with E-state index in [0.29, 0.717) is 6.42 Å². The predicted molar refractivity (Wildman–Crippen MR) is 84.5 cm³/mol. The van der Waals surface area contributed by atoms with Gasteiger partial charge < -0.3 is 5.11 Å². The van der Waals surface area contributed by atoms with Gasteiger partial charge in [-0.3, -0.25) is 4.98 Å². The summed E-state index contributed by atoms with van der Waals surface area (Å²) in [6, 6.07) is 9.89. The summed E-state index contributed by atoms with van der Waals surface area (Å²) < 4.78 is 2.05. The zero-order valence-electron chi connectivity index (χ0n) is 9.90. The quantitative estimate of drug-likeness (QED) is 0.764. The van der Waals surface area contributed by atoms with Gasteiger partial charge in [0.2, 0.25) is 0 Å². The monoisotopic (exact) mass is 417 g/mol. The molecule has 18 heavy (non-hydrogen) atoms. The average molecular weight is 418 g/mol. The van der Waals surface area contributed by atoms with E-state index in [2.05, 4.69) is 43.5 Å². The number of pyridine rings is 1. The van der Waals surface area contributed by atoms with E-state index in [1.165, 1.54) is 0 Å². The summed E-state index contributed by atoms with van der Waals surface area (Å²) in [5.41, 5.74) is 2.96. The number of rotatable bonds is 3. The molecule has 4 heteroatoms. The maximum Gasteiger partial charge on any atom is 0.0856 e. The zero-order chi connectivity index (χ0) is 13.1. The second-order valence-electron chi connectivity index (χ2n) is 4.15. The number of aliphatic hydroxyl groups excluding tert-OH is 1. The van der Waals surface area contributed by atoms with E-state index in [1.54, 1.807) is 6.20 Å². The van der Waals surface area contributed by atoms with Gasteiger partial charge in [-0.15, -0.1) is 0 Å². The van der Waals surface area contributed by atoms with Gasteiger partial charge in [-0.1, -0.05) is 22.0 Å². The van der Waals surface area contributed by atoms with Gasteiger partial charge in [0, 0.05) is 26.4 Å². The molecule has 0 bridgehead atoms. The smallest absolute Gasteiger partial charge is 0.0856 e. The Morgan fingerprint density at radius 1 is 1.39 bits per heavy atom. The lowest BCUT2D eigenvalue weighted by Crippen LogP contribution is -2.06. The highest BCUT2D eigenvalue weighted by Gasteiger charge is 2.14. The Balaban J connectivity index is 2.25. The molecule has 0 radical (unpaired) electrons. The molecular formula is C14H13BrINO. The van der Waals surface area contributed by atoms with Crippen LogP contribution in [-0.4, -0.2) is 10.1 Å². The molecule has 0 saturated carbocycles. The van der Waals surface area contributed by atoms with Crippen LogP contribution in [0.2, 0.25) is 0 Å². The van der Waals surface area contributed by atoms with Crippen molar-refractivity contribution in [1.29, 1.82) is 0 Å². The van der Waals surface area contributed by atoms with E-state index >= 15 is 0 Å². The van der Waals surface area contributed by atoms with Gasteiger partial charge in [-0.2, -0.15) is 0 Å². The van der Waals surface area contributed by atoms with Crippen molar-refractivity contribution >= 4 is 38.5 Å². The number of halogens is 2. The fourth-order valence-corrected chi connectivity index (χ4v) is 2.82. The Kier molecular flexibility index (Phi) is 4.75. The lowest BCUT2D eigenvalue weighted by Gasteiger charge is -2.14. The third kappa shape index (κ3) is 3.30. The van der Waals surface area contributed by atoms with Gasteiger partial charge in [0.25, 0.3) is 0 Å². The molecule has 2 nitrogen and oxygen atoms in total. The van der Waals surface area contributed by atoms with Crippen molar-refractivity contribution in [2.75, 3.05) is 0 Å². The fourth-order valence-electron chi connectivity index (χ4n) is 1.80. The van der Waals surface area contributed by atoms with E-state index in [4.69, 9.17) is 0 Å². The SMILES string of the molecule is Cc1cccnc1CC(O)c1cc(I)ccc1Br. The lowest BCUT2D eigenvalue weighted by atomic mass is 10.0. The summed E-state index contributed by atoms with van der Waals surface area (Å²) in [5.74, 6) is 0. The number of benzene rings is 1. The largest absolute Gasteiger partial charge is 0.388 e. The Morgan fingerprint density at radius 3 is 2.89 bits per heavy atom. The first-order chi connectivity index (χ1) is 8.58. The second-order valence-corrected chi connectivity index (χ2v) is 6.25. The number of hydrogen-bond acceptors (Lipinski definition) is 2. The Hall–Kier alpha value is -0.460. The third-order valence-electron chi connectivity index (χ3n) is 2.82. The van der Waals surface area contributed by atoms with E-state index < -0.39 is 6.10 Å². The van der Waals surface area contributed by atoms with Crippen LogP contribution in [0.25, 0.3) is 0 Å². The standard InChI is InChI=1S/C14H13BrINO/c1-9-3-2-6-17-13(9)8-14(18)11-7-10(16)4-5-12(11)15/h2-7,14,18H,8H2,1H3. The summed E-state index contributed by atoms with van der Waals surface area (Å²) >= 11 is 5.72. The molecule has 94 valence electrons. The van der Waals surface area contributed by atoms with Gasteiger partial charge in [0.1, 0.15) is 0 Å². The van der Waals surface area contributed by atoms with Gasteiger partial charge >= 0.3 is 0 Å².